The van der Waals surface area contributed by atoms with E-state index in [0.717, 1.165) is 37.2 Å². The van der Waals surface area contributed by atoms with E-state index < -0.39 is 0 Å². The predicted molar refractivity (Wildman–Crippen MR) is 125 cm³/mol. The molecular weight excluding hydrogens is 407 g/mol. The molecule has 0 aromatic heterocycles. The van der Waals surface area contributed by atoms with Gasteiger partial charge in [0.25, 0.3) is 5.91 Å². The van der Waals surface area contributed by atoms with E-state index in [4.69, 9.17) is 0 Å². The van der Waals surface area contributed by atoms with E-state index in [9.17, 15) is 14.0 Å². The Hall–Kier alpha value is -3.87. The van der Waals surface area contributed by atoms with Gasteiger partial charge in [-0.2, -0.15) is 0 Å². The van der Waals surface area contributed by atoms with Crippen LogP contribution in [-0.4, -0.2) is 25.0 Å². The first-order valence-electron chi connectivity index (χ1n) is 10.6. The third kappa shape index (κ3) is 5.43. The Morgan fingerprint density at radius 1 is 0.875 bits per heavy atom. The molecule has 32 heavy (non-hydrogen) atoms. The van der Waals surface area contributed by atoms with Crippen LogP contribution in [0, 0.1) is 5.82 Å². The third-order valence-electron chi connectivity index (χ3n) is 5.35. The van der Waals surface area contributed by atoms with Gasteiger partial charge in [-0.05, 0) is 60.9 Å². The Bertz CT molecular complexity index is 1080. The SMILES string of the molecule is O=C(NCc1ccc(F)cc1)Nc1cc(NC(=O)c2ccccc2)ccc1N1CCCC1. The molecule has 1 saturated heterocycles. The van der Waals surface area contributed by atoms with Crippen molar-refractivity contribution in [3.63, 3.8) is 0 Å². The molecule has 1 aliphatic rings. The number of halogens is 1. The minimum absolute atomic E-state index is 0.216. The van der Waals surface area contributed by atoms with Crippen molar-refractivity contribution >= 4 is 29.0 Å². The number of carbonyl (C=O) groups excluding carboxylic acids is 2. The van der Waals surface area contributed by atoms with E-state index in [-0.39, 0.29) is 24.3 Å². The minimum Gasteiger partial charge on any atom is -0.370 e. The number of anilines is 3. The molecule has 1 aliphatic heterocycles. The van der Waals surface area contributed by atoms with Crippen LogP contribution in [0.4, 0.5) is 26.2 Å². The number of benzene rings is 3. The summed E-state index contributed by atoms with van der Waals surface area (Å²) in [6.45, 7) is 2.11. The highest BCUT2D eigenvalue weighted by molar-refractivity contribution is 6.05. The second-order valence-electron chi connectivity index (χ2n) is 7.68. The van der Waals surface area contributed by atoms with Crippen LogP contribution in [0.2, 0.25) is 0 Å². The summed E-state index contributed by atoms with van der Waals surface area (Å²) in [6, 6.07) is 20.1. The van der Waals surface area contributed by atoms with Gasteiger partial charge in [0, 0.05) is 30.9 Å². The van der Waals surface area contributed by atoms with Gasteiger partial charge in [-0.25, -0.2) is 9.18 Å². The number of urea groups is 1. The molecule has 7 heteroatoms. The van der Waals surface area contributed by atoms with Gasteiger partial charge in [0.15, 0.2) is 0 Å². The molecule has 3 aromatic carbocycles. The molecule has 164 valence electrons. The molecule has 0 unspecified atom stereocenters. The van der Waals surface area contributed by atoms with Crippen molar-refractivity contribution in [3.8, 4) is 0 Å². The zero-order chi connectivity index (χ0) is 22.3. The van der Waals surface area contributed by atoms with Crippen LogP contribution in [0.25, 0.3) is 0 Å². The molecule has 1 fully saturated rings. The summed E-state index contributed by atoms with van der Waals surface area (Å²) in [5, 5.41) is 8.59. The number of hydrogen-bond donors (Lipinski definition) is 3. The van der Waals surface area contributed by atoms with E-state index in [1.165, 1.54) is 12.1 Å². The van der Waals surface area contributed by atoms with Crippen molar-refractivity contribution < 1.29 is 14.0 Å². The number of amides is 3. The highest BCUT2D eigenvalue weighted by atomic mass is 19.1. The van der Waals surface area contributed by atoms with Gasteiger partial charge in [-0.15, -0.1) is 0 Å². The molecule has 0 bridgehead atoms. The van der Waals surface area contributed by atoms with Crippen LogP contribution in [0.1, 0.15) is 28.8 Å². The maximum atomic E-state index is 13.1. The second-order valence-corrected chi connectivity index (χ2v) is 7.68. The van der Waals surface area contributed by atoms with E-state index in [2.05, 4.69) is 20.9 Å². The van der Waals surface area contributed by atoms with Crippen LogP contribution in [0.3, 0.4) is 0 Å². The summed E-state index contributed by atoms with van der Waals surface area (Å²) >= 11 is 0. The van der Waals surface area contributed by atoms with Gasteiger partial charge in [0.1, 0.15) is 5.82 Å². The number of rotatable bonds is 6. The Kier molecular flexibility index (Phi) is 6.65. The molecular formula is C25H25FN4O2. The first-order chi connectivity index (χ1) is 15.6. The largest absolute Gasteiger partial charge is 0.370 e. The lowest BCUT2D eigenvalue weighted by molar-refractivity contribution is 0.102. The van der Waals surface area contributed by atoms with Crippen LogP contribution >= 0.6 is 0 Å². The van der Waals surface area contributed by atoms with E-state index in [1.54, 1.807) is 30.3 Å². The van der Waals surface area contributed by atoms with Gasteiger partial charge in [-0.3, -0.25) is 4.79 Å². The zero-order valence-corrected chi connectivity index (χ0v) is 17.6. The van der Waals surface area contributed by atoms with Gasteiger partial charge in [0.2, 0.25) is 0 Å². The lowest BCUT2D eigenvalue weighted by Crippen LogP contribution is -2.29. The summed E-state index contributed by atoms with van der Waals surface area (Å²) in [5.74, 6) is -0.533. The molecule has 0 saturated carbocycles. The van der Waals surface area contributed by atoms with Gasteiger partial charge in [-0.1, -0.05) is 30.3 Å². The van der Waals surface area contributed by atoms with Crippen LogP contribution < -0.4 is 20.9 Å². The minimum atomic E-state index is -0.374. The molecule has 3 N–H and O–H groups in total. The van der Waals surface area contributed by atoms with Crippen LogP contribution in [0.15, 0.2) is 72.8 Å². The van der Waals surface area contributed by atoms with Crippen molar-refractivity contribution in [2.24, 2.45) is 0 Å². The molecule has 1 heterocycles. The first-order valence-corrected chi connectivity index (χ1v) is 10.6. The average molecular weight is 432 g/mol. The number of hydrogen-bond acceptors (Lipinski definition) is 3. The molecule has 0 aliphatic carbocycles. The van der Waals surface area contributed by atoms with Crippen molar-refractivity contribution in [1.29, 1.82) is 0 Å². The number of nitrogens with one attached hydrogen (secondary N) is 3. The smallest absolute Gasteiger partial charge is 0.319 e. The van der Waals surface area contributed by atoms with Crippen molar-refractivity contribution in [1.82, 2.24) is 5.32 Å². The molecule has 0 radical (unpaired) electrons. The summed E-state index contributed by atoms with van der Waals surface area (Å²) in [7, 11) is 0. The first kappa shape index (κ1) is 21.4. The lowest BCUT2D eigenvalue weighted by Gasteiger charge is -2.22. The zero-order valence-electron chi connectivity index (χ0n) is 17.6. The summed E-state index contributed by atoms with van der Waals surface area (Å²) in [5.41, 5.74) is 3.48. The van der Waals surface area contributed by atoms with E-state index in [0.29, 0.717) is 16.9 Å². The Morgan fingerprint density at radius 2 is 1.59 bits per heavy atom. The average Bonchev–Trinajstić information content (AvgIpc) is 3.34. The maximum absolute atomic E-state index is 13.1. The molecule has 4 rings (SSSR count). The summed E-state index contributed by atoms with van der Waals surface area (Å²) < 4.78 is 13.1. The Morgan fingerprint density at radius 3 is 2.31 bits per heavy atom. The van der Waals surface area contributed by atoms with Crippen molar-refractivity contribution in [3.05, 3.63) is 89.7 Å². The number of nitrogens with zero attached hydrogens (tertiary/aromatic N) is 1. The fourth-order valence-electron chi connectivity index (χ4n) is 3.69. The normalized spacial score (nSPS) is 13.0. The van der Waals surface area contributed by atoms with E-state index in [1.807, 2.05) is 30.3 Å². The predicted octanol–water partition coefficient (Wildman–Crippen LogP) is 5.00. The monoisotopic (exact) mass is 432 g/mol. The number of carbonyl (C=O) groups is 2. The highest BCUT2D eigenvalue weighted by Crippen LogP contribution is 2.32. The van der Waals surface area contributed by atoms with Gasteiger partial charge >= 0.3 is 6.03 Å². The third-order valence-corrected chi connectivity index (χ3v) is 5.35. The standard InChI is InChI=1S/C25H25FN4O2/c26-20-10-8-18(9-11-20)17-27-25(32)29-22-16-21(12-13-23(22)30-14-4-5-15-30)28-24(31)19-6-2-1-3-7-19/h1-3,6-13,16H,4-5,14-15,17H2,(H,28,31)(H2,27,29,32). The summed E-state index contributed by atoms with van der Waals surface area (Å²) in [4.78, 5) is 27.3. The van der Waals surface area contributed by atoms with E-state index >= 15 is 0 Å². The fourth-order valence-corrected chi connectivity index (χ4v) is 3.69. The van der Waals surface area contributed by atoms with Crippen molar-refractivity contribution in [2.45, 2.75) is 19.4 Å². The second kappa shape index (κ2) is 9.96. The Labute approximate surface area is 186 Å². The lowest BCUT2D eigenvalue weighted by atomic mass is 10.2. The van der Waals surface area contributed by atoms with Gasteiger partial charge < -0.3 is 20.9 Å². The van der Waals surface area contributed by atoms with Crippen LogP contribution in [0.5, 0.6) is 0 Å². The molecule has 6 nitrogen and oxygen atoms in total. The molecule has 3 aromatic rings. The molecule has 0 atom stereocenters. The quantitative estimate of drug-likeness (QED) is 0.513. The molecule has 0 spiro atoms. The van der Waals surface area contributed by atoms with Crippen molar-refractivity contribution in [2.75, 3.05) is 28.6 Å². The molecule has 3 amide bonds. The fraction of sp³-hybridized carbons (Fsp3) is 0.200. The highest BCUT2D eigenvalue weighted by Gasteiger charge is 2.18. The topological polar surface area (TPSA) is 73.5 Å². The maximum Gasteiger partial charge on any atom is 0.319 e. The van der Waals surface area contributed by atoms with Crippen LogP contribution in [-0.2, 0) is 6.54 Å². The van der Waals surface area contributed by atoms with Gasteiger partial charge in [0.05, 0.1) is 11.4 Å². The Balaban J connectivity index is 1.48. The summed E-state index contributed by atoms with van der Waals surface area (Å²) in [6.07, 6.45) is 2.20.